The summed E-state index contributed by atoms with van der Waals surface area (Å²) in [5.41, 5.74) is 0.178. The Bertz CT molecular complexity index is 465. The molecule has 1 saturated carbocycles. The second-order valence-electron chi connectivity index (χ2n) is 6.11. The van der Waals surface area contributed by atoms with Gasteiger partial charge in [0.05, 0.1) is 5.57 Å². The van der Waals surface area contributed by atoms with Crippen LogP contribution in [-0.2, 0) is 19.1 Å². The van der Waals surface area contributed by atoms with E-state index in [4.69, 9.17) is 9.47 Å². The molecular weight excluding hydrogens is 318 g/mol. The van der Waals surface area contributed by atoms with E-state index in [1.54, 1.807) is 6.92 Å². The number of carbonyl (C=O) groups excluding carboxylic acids is 2. The van der Waals surface area contributed by atoms with Crippen molar-refractivity contribution < 1.29 is 19.1 Å². The lowest BCUT2D eigenvalue weighted by molar-refractivity contribution is -0.152. The van der Waals surface area contributed by atoms with Crippen molar-refractivity contribution in [2.45, 2.75) is 58.5 Å². The van der Waals surface area contributed by atoms with E-state index < -0.39 is 5.60 Å². The summed E-state index contributed by atoms with van der Waals surface area (Å²) in [6, 6.07) is 0. The average molecular weight is 346 g/mol. The number of nitrogens with zero attached hydrogens (tertiary/aromatic N) is 1. The van der Waals surface area contributed by atoms with Gasteiger partial charge in [0.2, 0.25) is 0 Å². The third-order valence-corrected chi connectivity index (χ3v) is 4.83. The number of likely N-dealkylation sites (N-methyl/N-ethyl adjacent to an activating group) is 1. The highest BCUT2D eigenvalue weighted by atomic mass is 35.5. The topological polar surface area (TPSA) is 55.8 Å². The molecule has 2 rings (SSSR count). The van der Waals surface area contributed by atoms with E-state index in [-0.39, 0.29) is 24.3 Å². The van der Waals surface area contributed by atoms with Crippen LogP contribution >= 0.6 is 12.4 Å². The van der Waals surface area contributed by atoms with E-state index in [1.807, 2.05) is 0 Å². The Morgan fingerprint density at radius 1 is 1.22 bits per heavy atom. The van der Waals surface area contributed by atoms with E-state index in [0.717, 1.165) is 45.2 Å². The number of rotatable bonds is 6. The number of ether oxygens (including phenoxy) is 2. The molecule has 0 aromatic carbocycles. The first-order valence-corrected chi connectivity index (χ1v) is 8.38. The maximum absolute atomic E-state index is 12.5. The minimum absolute atomic E-state index is 0. The van der Waals surface area contributed by atoms with Gasteiger partial charge in [-0.15, -0.1) is 12.4 Å². The van der Waals surface area contributed by atoms with Crippen molar-refractivity contribution in [3.05, 3.63) is 11.1 Å². The van der Waals surface area contributed by atoms with Gasteiger partial charge in [-0.05, 0) is 45.7 Å². The minimum Gasteiger partial charge on any atom is -0.461 e. The van der Waals surface area contributed by atoms with Gasteiger partial charge in [0.15, 0.2) is 0 Å². The first-order valence-electron chi connectivity index (χ1n) is 8.38. The molecule has 5 nitrogen and oxygen atoms in total. The Balaban J connectivity index is 0.00000264. The SMILES string of the molecule is CCN(CC)CCOC(=O)C1=C(C)C(=O)OC12CCCCC2.Cl. The van der Waals surface area contributed by atoms with Crippen LogP contribution in [0.2, 0.25) is 0 Å². The number of hydrogen-bond donors (Lipinski definition) is 0. The summed E-state index contributed by atoms with van der Waals surface area (Å²) in [4.78, 5) is 26.6. The molecule has 0 saturated heterocycles. The summed E-state index contributed by atoms with van der Waals surface area (Å²) in [6.07, 6.45) is 4.56. The van der Waals surface area contributed by atoms with Crippen LogP contribution in [-0.4, -0.2) is 48.7 Å². The predicted molar refractivity (Wildman–Crippen MR) is 90.6 cm³/mol. The van der Waals surface area contributed by atoms with Gasteiger partial charge in [0, 0.05) is 12.1 Å². The average Bonchev–Trinajstić information content (AvgIpc) is 2.75. The van der Waals surface area contributed by atoms with E-state index in [9.17, 15) is 9.59 Å². The number of esters is 2. The van der Waals surface area contributed by atoms with Crippen molar-refractivity contribution in [2.75, 3.05) is 26.2 Å². The van der Waals surface area contributed by atoms with Crippen LogP contribution in [0.1, 0.15) is 52.9 Å². The molecule has 0 radical (unpaired) electrons. The Kier molecular flexibility index (Phi) is 7.55. The fourth-order valence-corrected chi connectivity index (χ4v) is 3.44. The molecule has 0 bridgehead atoms. The van der Waals surface area contributed by atoms with Gasteiger partial charge in [-0.3, -0.25) is 0 Å². The standard InChI is InChI=1S/C17H27NO4.ClH/c1-4-18(5-2)11-12-21-16(20)14-13(3)15(19)22-17(14)9-7-6-8-10-17;/h4-12H2,1-3H3;1H. The highest BCUT2D eigenvalue weighted by molar-refractivity contribution is 6.05. The van der Waals surface area contributed by atoms with Crippen molar-refractivity contribution in [1.29, 1.82) is 0 Å². The van der Waals surface area contributed by atoms with Gasteiger partial charge in [0.25, 0.3) is 0 Å². The van der Waals surface area contributed by atoms with Crippen molar-refractivity contribution in [2.24, 2.45) is 0 Å². The number of halogens is 1. The van der Waals surface area contributed by atoms with Gasteiger partial charge in [-0.1, -0.05) is 20.3 Å². The fraction of sp³-hybridized carbons (Fsp3) is 0.765. The van der Waals surface area contributed by atoms with Crippen molar-refractivity contribution in [1.82, 2.24) is 4.90 Å². The van der Waals surface area contributed by atoms with Crippen LogP contribution in [0.4, 0.5) is 0 Å². The van der Waals surface area contributed by atoms with Crippen LogP contribution in [0.5, 0.6) is 0 Å². The lowest BCUT2D eigenvalue weighted by Crippen LogP contribution is -2.38. The predicted octanol–water partition coefficient (Wildman–Crippen LogP) is 2.87. The first kappa shape index (κ1) is 20.0. The van der Waals surface area contributed by atoms with E-state index in [0.29, 0.717) is 24.3 Å². The summed E-state index contributed by atoms with van der Waals surface area (Å²) < 4.78 is 11.0. The summed E-state index contributed by atoms with van der Waals surface area (Å²) in [6.45, 7) is 8.76. The molecule has 0 amide bonds. The third kappa shape index (κ3) is 4.27. The van der Waals surface area contributed by atoms with E-state index in [2.05, 4.69) is 18.7 Å². The second-order valence-corrected chi connectivity index (χ2v) is 6.11. The van der Waals surface area contributed by atoms with Crippen LogP contribution in [0, 0.1) is 0 Å². The molecule has 1 aliphatic carbocycles. The quantitative estimate of drug-likeness (QED) is 0.693. The van der Waals surface area contributed by atoms with Gasteiger partial charge >= 0.3 is 11.9 Å². The molecule has 6 heteroatoms. The molecule has 0 atom stereocenters. The summed E-state index contributed by atoms with van der Waals surface area (Å²) >= 11 is 0. The molecule has 23 heavy (non-hydrogen) atoms. The third-order valence-electron chi connectivity index (χ3n) is 4.83. The van der Waals surface area contributed by atoms with Gasteiger partial charge in [0.1, 0.15) is 12.2 Å². The molecule has 0 aromatic heterocycles. The zero-order valence-electron chi connectivity index (χ0n) is 14.4. The minimum atomic E-state index is -0.717. The zero-order chi connectivity index (χ0) is 16.2. The Morgan fingerprint density at radius 2 is 1.83 bits per heavy atom. The highest BCUT2D eigenvalue weighted by Gasteiger charge is 2.50. The van der Waals surface area contributed by atoms with Crippen LogP contribution in [0.15, 0.2) is 11.1 Å². The van der Waals surface area contributed by atoms with Gasteiger partial charge in [-0.2, -0.15) is 0 Å². The molecule has 1 fully saturated rings. The first-order chi connectivity index (χ1) is 10.5. The normalized spacial score (nSPS) is 19.7. The largest absolute Gasteiger partial charge is 0.461 e. The summed E-state index contributed by atoms with van der Waals surface area (Å²) in [5, 5.41) is 0. The number of carbonyl (C=O) groups is 2. The molecule has 0 unspecified atom stereocenters. The molecule has 1 heterocycles. The fourth-order valence-electron chi connectivity index (χ4n) is 3.44. The summed E-state index contributed by atoms with van der Waals surface area (Å²) in [7, 11) is 0. The molecule has 0 N–H and O–H groups in total. The lowest BCUT2D eigenvalue weighted by atomic mass is 9.79. The van der Waals surface area contributed by atoms with E-state index in [1.165, 1.54) is 0 Å². The van der Waals surface area contributed by atoms with Gasteiger partial charge in [-0.25, -0.2) is 9.59 Å². The zero-order valence-corrected chi connectivity index (χ0v) is 15.2. The molecule has 0 aromatic rings. The van der Waals surface area contributed by atoms with Crippen LogP contribution in [0.25, 0.3) is 0 Å². The second kappa shape index (κ2) is 8.69. The van der Waals surface area contributed by atoms with Crippen LogP contribution < -0.4 is 0 Å². The Hall–Kier alpha value is -1.07. The highest BCUT2D eigenvalue weighted by Crippen LogP contribution is 2.44. The number of hydrogen-bond acceptors (Lipinski definition) is 5. The van der Waals surface area contributed by atoms with E-state index >= 15 is 0 Å². The molecular formula is C17H28ClNO4. The van der Waals surface area contributed by atoms with Crippen molar-refractivity contribution in [3.8, 4) is 0 Å². The Morgan fingerprint density at radius 3 is 2.39 bits per heavy atom. The van der Waals surface area contributed by atoms with Crippen LogP contribution in [0.3, 0.4) is 0 Å². The van der Waals surface area contributed by atoms with Crippen molar-refractivity contribution >= 4 is 24.3 Å². The maximum Gasteiger partial charge on any atom is 0.338 e. The van der Waals surface area contributed by atoms with Crippen molar-refractivity contribution in [3.63, 3.8) is 0 Å². The summed E-state index contributed by atoms with van der Waals surface area (Å²) in [5.74, 6) is -0.741. The molecule has 132 valence electrons. The lowest BCUT2D eigenvalue weighted by Gasteiger charge is -2.33. The molecule has 1 spiro atoms. The smallest absolute Gasteiger partial charge is 0.338 e. The Labute approximate surface area is 144 Å². The maximum atomic E-state index is 12.5. The molecule has 1 aliphatic heterocycles. The molecule has 2 aliphatic rings. The van der Waals surface area contributed by atoms with Gasteiger partial charge < -0.3 is 14.4 Å². The monoisotopic (exact) mass is 345 g/mol.